The zero-order valence-corrected chi connectivity index (χ0v) is 34.1. The maximum Gasteiger partial charge on any atom is 0.248 e. The third-order valence-corrected chi connectivity index (χ3v) is 10.4. The first kappa shape index (κ1) is 46.1. The molecular formula is C42H59N7O10. The fourth-order valence-corrected chi connectivity index (χ4v) is 6.84. The van der Waals surface area contributed by atoms with E-state index in [-0.39, 0.29) is 78.8 Å². The molecule has 59 heavy (non-hydrogen) atoms. The van der Waals surface area contributed by atoms with Crippen molar-refractivity contribution in [2.75, 3.05) is 33.3 Å². The van der Waals surface area contributed by atoms with Crippen LogP contribution < -0.4 is 32.3 Å². The van der Waals surface area contributed by atoms with Crippen molar-refractivity contribution in [1.29, 1.82) is 0 Å². The van der Waals surface area contributed by atoms with Gasteiger partial charge in [-0.3, -0.25) is 33.6 Å². The van der Waals surface area contributed by atoms with Gasteiger partial charge in [-0.2, -0.15) is 0 Å². The van der Waals surface area contributed by atoms with Crippen LogP contribution in [-0.2, 0) is 44.7 Å². The number of likely N-dealkylation sites (N-methyl/N-ethyl adjacent to an activating group) is 1. The van der Waals surface area contributed by atoms with E-state index in [2.05, 4.69) is 33.5 Å². The fourth-order valence-electron chi connectivity index (χ4n) is 6.84. The van der Waals surface area contributed by atoms with Gasteiger partial charge in [-0.15, -0.1) is 0 Å². The third kappa shape index (κ3) is 13.8. The molecule has 0 saturated carbocycles. The van der Waals surface area contributed by atoms with Crippen LogP contribution in [0.3, 0.4) is 0 Å². The van der Waals surface area contributed by atoms with Crippen molar-refractivity contribution in [1.82, 2.24) is 31.5 Å². The van der Waals surface area contributed by atoms with Gasteiger partial charge in [-0.05, 0) is 74.5 Å². The predicted octanol–water partition coefficient (Wildman–Crippen LogP) is 1.37. The lowest BCUT2D eigenvalue weighted by molar-refractivity contribution is -0.143. The zero-order valence-electron chi connectivity index (χ0n) is 34.1. The SMILES string of the molecule is CCCCCCCC(=O)NCCC(=O)N[C@@H](CCCCN)C(=O)N(C)[C@@H]1C(=O)N[C@@H](C)C(=O)N[C@H](C(=O)NCC(=O)C2CO2)Cc2ccc(O)c(c2)-c2cc1ccc2O. The first-order valence-electron chi connectivity index (χ1n) is 20.4. The molecule has 4 rings (SSSR count). The monoisotopic (exact) mass is 821 g/mol. The summed E-state index contributed by atoms with van der Waals surface area (Å²) >= 11 is 0. The molecule has 2 aromatic carbocycles. The molecule has 2 aliphatic heterocycles. The normalized spacial score (nSPS) is 19.3. The number of aromatic hydroxyl groups is 2. The van der Waals surface area contributed by atoms with Gasteiger partial charge >= 0.3 is 0 Å². The van der Waals surface area contributed by atoms with E-state index >= 15 is 0 Å². The number of phenolic OH excluding ortho intramolecular Hbond substituents is 2. The first-order chi connectivity index (χ1) is 28.2. The summed E-state index contributed by atoms with van der Waals surface area (Å²) in [5.74, 6) is -4.30. The van der Waals surface area contributed by atoms with Gasteiger partial charge in [0.05, 0.1) is 13.2 Å². The summed E-state index contributed by atoms with van der Waals surface area (Å²) in [6.07, 6.45) is 5.81. The molecule has 17 nitrogen and oxygen atoms in total. The molecule has 2 aromatic rings. The van der Waals surface area contributed by atoms with E-state index < -0.39 is 59.8 Å². The maximum atomic E-state index is 14.3. The Hall–Kier alpha value is -5.55. The quantitative estimate of drug-likeness (QED) is 0.0699. The number of nitrogens with one attached hydrogen (secondary N) is 5. The van der Waals surface area contributed by atoms with Crippen LogP contribution in [0.25, 0.3) is 11.1 Å². The minimum absolute atomic E-state index is 0.0740. The van der Waals surface area contributed by atoms with Crippen LogP contribution in [0.5, 0.6) is 11.5 Å². The summed E-state index contributed by atoms with van der Waals surface area (Å²) in [5.41, 5.74) is 6.68. The third-order valence-electron chi connectivity index (χ3n) is 10.4. The van der Waals surface area contributed by atoms with Crippen LogP contribution in [0.4, 0.5) is 0 Å². The first-order valence-corrected chi connectivity index (χ1v) is 20.4. The summed E-state index contributed by atoms with van der Waals surface area (Å²) < 4.78 is 4.99. The van der Waals surface area contributed by atoms with Gasteiger partial charge in [-0.25, -0.2) is 0 Å². The highest BCUT2D eigenvalue weighted by molar-refractivity contribution is 5.97. The van der Waals surface area contributed by atoms with E-state index in [1.54, 1.807) is 6.07 Å². The largest absolute Gasteiger partial charge is 0.507 e. The molecule has 1 unspecified atom stereocenters. The predicted molar refractivity (Wildman–Crippen MR) is 218 cm³/mol. The lowest BCUT2D eigenvalue weighted by Gasteiger charge is -2.32. The van der Waals surface area contributed by atoms with Crippen molar-refractivity contribution >= 4 is 41.2 Å². The standard InChI is InChI=1S/C42H59N7O10/c1-4-5-6-7-8-12-36(53)44-19-17-37(54)47-30(11-9-10-18-43)42(58)49(3)38-27-14-16-33(51)29(22-27)28-20-26(13-15-32(28)50)21-31(48-39(55)25(2)46-41(38)57)40(56)45-23-34(52)35-24-59-35/h13-16,20,22,25,30-31,35,38,50-51H,4-12,17-19,21,23-24,43H2,1-3H3,(H,44,53)(H,45,56)(H,46,57)(H,47,54)(H,48,55)/t25-,30-,31-,35?,38-/m0/s1. The number of hydrogen-bond acceptors (Lipinski definition) is 11. The Morgan fingerprint density at radius 2 is 1.58 bits per heavy atom. The molecule has 322 valence electrons. The van der Waals surface area contributed by atoms with Gasteiger partial charge in [0.25, 0.3) is 0 Å². The van der Waals surface area contributed by atoms with Crippen molar-refractivity contribution in [3.63, 3.8) is 0 Å². The van der Waals surface area contributed by atoms with E-state index in [9.17, 15) is 43.8 Å². The number of rotatable bonds is 20. The van der Waals surface area contributed by atoms with Crippen LogP contribution in [0, 0.1) is 0 Å². The maximum absolute atomic E-state index is 14.3. The lowest BCUT2D eigenvalue weighted by Crippen LogP contribution is -2.56. The number of Topliss-reactive ketones (excluding diaryl/α,β-unsaturated/α-hetero) is 1. The molecule has 0 aliphatic carbocycles. The minimum Gasteiger partial charge on any atom is -0.507 e. The second kappa shape index (κ2) is 22.6. The van der Waals surface area contributed by atoms with Crippen LogP contribution in [0.15, 0.2) is 36.4 Å². The molecule has 2 aliphatic rings. The molecule has 5 atom stereocenters. The van der Waals surface area contributed by atoms with Crippen molar-refractivity contribution < 1.29 is 48.5 Å². The molecule has 1 saturated heterocycles. The molecule has 0 aromatic heterocycles. The van der Waals surface area contributed by atoms with E-state index in [1.165, 1.54) is 44.3 Å². The number of amides is 6. The Labute approximate surface area is 344 Å². The summed E-state index contributed by atoms with van der Waals surface area (Å²) in [6, 6.07) is 3.67. The van der Waals surface area contributed by atoms with Crippen LogP contribution in [-0.4, -0.2) is 114 Å². The fraction of sp³-hybridized carbons (Fsp3) is 0.548. The summed E-state index contributed by atoms with van der Waals surface area (Å²) in [6.45, 7) is 3.88. The highest BCUT2D eigenvalue weighted by Crippen LogP contribution is 2.39. The highest BCUT2D eigenvalue weighted by Gasteiger charge is 2.36. The van der Waals surface area contributed by atoms with E-state index in [0.717, 1.165) is 37.0 Å². The number of ether oxygens (including phenoxy) is 1. The molecule has 6 amide bonds. The van der Waals surface area contributed by atoms with Gasteiger partial charge in [0.2, 0.25) is 35.4 Å². The Morgan fingerprint density at radius 3 is 2.27 bits per heavy atom. The van der Waals surface area contributed by atoms with E-state index in [1.807, 2.05) is 0 Å². The van der Waals surface area contributed by atoms with Crippen molar-refractivity contribution in [2.45, 2.75) is 115 Å². The van der Waals surface area contributed by atoms with Crippen molar-refractivity contribution in [3.8, 4) is 22.6 Å². The smallest absolute Gasteiger partial charge is 0.248 e. The molecular weight excluding hydrogens is 763 g/mol. The second-order valence-corrected chi connectivity index (χ2v) is 15.2. The van der Waals surface area contributed by atoms with Crippen LogP contribution >= 0.6 is 0 Å². The van der Waals surface area contributed by atoms with Crippen molar-refractivity contribution in [2.24, 2.45) is 5.73 Å². The van der Waals surface area contributed by atoms with E-state index in [4.69, 9.17) is 10.5 Å². The zero-order chi connectivity index (χ0) is 43.1. The number of phenols is 2. The number of epoxide rings is 1. The number of fused-ring (bicyclic) bond motifs is 5. The molecule has 9 N–H and O–H groups in total. The van der Waals surface area contributed by atoms with Gasteiger partial charge in [0.15, 0.2) is 5.78 Å². The number of hydrogen-bond donors (Lipinski definition) is 8. The van der Waals surface area contributed by atoms with Gasteiger partial charge in [0.1, 0.15) is 41.8 Å². The number of carbonyl (C=O) groups excluding carboxylic acids is 7. The van der Waals surface area contributed by atoms with Gasteiger partial charge in [-0.1, -0.05) is 44.7 Å². The summed E-state index contributed by atoms with van der Waals surface area (Å²) in [7, 11) is 1.38. The van der Waals surface area contributed by atoms with Gasteiger partial charge < -0.3 is 52.2 Å². The Bertz CT molecular complexity index is 1830. The molecule has 0 spiro atoms. The number of nitrogens with zero attached hydrogens (tertiary/aromatic N) is 1. The van der Waals surface area contributed by atoms with Crippen molar-refractivity contribution in [3.05, 3.63) is 47.5 Å². The van der Waals surface area contributed by atoms with E-state index in [0.29, 0.717) is 31.4 Å². The number of carbonyl (C=O) groups is 7. The Morgan fingerprint density at radius 1 is 0.881 bits per heavy atom. The summed E-state index contributed by atoms with van der Waals surface area (Å²) in [5, 5.41) is 35.4. The van der Waals surface area contributed by atoms with Gasteiger partial charge in [0, 0.05) is 44.0 Å². The summed E-state index contributed by atoms with van der Waals surface area (Å²) in [4.78, 5) is 94.4. The number of unbranched alkanes of at least 4 members (excludes halogenated alkanes) is 5. The topological polar surface area (TPSA) is 262 Å². The molecule has 2 heterocycles. The number of ketones is 1. The average molecular weight is 822 g/mol. The minimum atomic E-state index is -1.43. The van der Waals surface area contributed by atoms with Crippen LogP contribution in [0.1, 0.15) is 95.2 Å². The lowest BCUT2D eigenvalue weighted by atomic mass is 9.93. The number of nitrogens with two attached hydrogens (primary N) is 1. The second-order valence-electron chi connectivity index (χ2n) is 15.2. The molecule has 1 fully saturated rings. The Balaban J connectivity index is 1.60. The molecule has 0 radical (unpaired) electrons. The highest BCUT2D eigenvalue weighted by atomic mass is 16.6. The molecule has 4 bridgehead atoms. The number of benzene rings is 2. The molecule has 17 heteroatoms. The Kier molecular flexibility index (Phi) is 17.6. The van der Waals surface area contributed by atoms with Crippen LogP contribution in [0.2, 0.25) is 0 Å². The average Bonchev–Trinajstić information content (AvgIpc) is 4.06.